The molecular weight excluding hydrogens is 426 g/mol. The van der Waals surface area contributed by atoms with Crippen LogP contribution in [0, 0.1) is 6.92 Å². The van der Waals surface area contributed by atoms with E-state index in [-0.39, 0.29) is 11.8 Å². The summed E-state index contributed by atoms with van der Waals surface area (Å²) in [6, 6.07) is 24.0. The van der Waals surface area contributed by atoms with Gasteiger partial charge in [-0.15, -0.1) is 0 Å². The van der Waals surface area contributed by atoms with Crippen LogP contribution in [0.25, 0.3) is 11.0 Å². The summed E-state index contributed by atoms with van der Waals surface area (Å²) in [5.74, 6) is 2.66. The molecule has 34 heavy (non-hydrogen) atoms. The number of para-hydroxylation sites is 4. The Morgan fingerprint density at radius 3 is 2.59 bits per heavy atom. The molecule has 1 aromatic heterocycles. The number of hydrogen-bond donors (Lipinski definition) is 0. The number of nitrogens with zero attached hydrogens (tertiary/aromatic N) is 3. The molecule has 6 nitrogen and oxygen atoms in total. The van der Waals surface area contributed by atoms with E-state index < -0.39 is 0 Å². The van der Waals surface area contributed by atoms with Gasteiger partial charge in [0, 0.05) is 25.4 Å². The molecule has 0 aliphatic carbocycles. The van der Waals surface area contributed by atoms with Crippen molar-refractivity contribution < 1.29 is 14.3 Å². The van der Waals surface area contributed by atoms with Crippen molar-refractivity contribution in [2.75, 3.05) is 25.2 Å². The molecule has 3 aromatic carbocycles. The SMILES string of the molecule is COc1ccccc1N1C[C@H](c2nc3ccccc3n2CCCOc2ccc(C)cc2)CC1=O. The minimum Gasteiger partial charge on any atom is -0.495 e. The number of carbonyl (C=O) groups is 1. The van der Waals surface area contributed by atoms with Crippen LogP contribution in [0.4, 0.5) is 5.69 Å². The van der Waals surface area contributed by atoms with Gasteiger partial charge in [-0.1, -0.05) is 42.0 Å². The highest BCUT2D eigenvalue weighted by atomic mass is 16.5. The molecule has 0 N–H and O–H groups in total. The summed E-state index contributed by atoms with van der Waals surface area (Å²) < 4.78 is 13.7. The Bertz CT molecular complexity index is 1300. The average Bonchev–Trinajstić information content (AvgIpc) is 3.43. The molecule has 0 radical (unpaired) electrons. The summed E-state index contributed by atoms with van der Waals surface area (Å²) in [6.45, 7) is 4.05. The van der Waals surface area contributed by atoms with Gasteiger partial charge in [-0.05, 0) is 49.7 Å². The molecule has 1 aliphatic rings. The average molecular weight is 456 g/mol. The number of aryl methyl sites for hydroxylation is 2. The fourth-order valence-corrected chi connectivity index (χ4v) is 4.65. The third-order valence-electron chi connectivity index (χ3n) is 6.37. The molecule has 1 fully saturated rings. The van der Waals surface area contributed by atoms with Crippen LogP contribution < -0.4 is 14.4 Å². The third-order valence-corrected chi connectivity index (χ3v) is 6.37. The molecule has 1 saturated heterocycles. The number of hydrogen-bond acceptors (Lipinski definition) is 4. The minimum atomic E-state index is 0.0165. The number of methoxy groups -OCH3 is 1. The smallest absolute Gasteiger partial charge is 0.227 e. The summed E-state index contributed by atoms with van der Waals surface area (Å²) in [6.07, 6.45) is 1.28. The number of benzene rings is 3. The molecule has 6 heteroatoms. The van der Waals surface area contributed by atoms with Gasteiger partial charge in [-0.3, -0.25) is 4.79 Å². The topological polar surface area (TPSA) is 56.6 Å². The van der Waals surface area contributed by atoms with Gasteiger partial charge in [0.2, 0.25) is 5.91 Å². The van der Waals surface area contributed by atoms with Crippen LogP contribution in [0.5, 0.6) is 11.5 Å². The number of anilines is 1. The quantitative estimate of drug-likeness (QED) is 0.337. The molecule has 4 aromatic rings. The maximum Gasteiger partial charge on any atom is 0.227 e. The summed E-state index contributed by atoms with van der Waals surface area (Å²) in [5, 5.41) is 0. The van der Waals surface area contributed by atoms with Gasteiger partial charge in [-0.25, -0.2) is 4.98 Å². The van der Waals surface area contributed by atoms with E-state index in [0.29, 0.717) is 25.3 Å². The zero-order valence-electron chi connectivity index (χ0n) is 19.6. The van der Waals surface area contributed by atoms with Crippen LogP contribution >= 0.6 is 0 Å². The molecule has 5 rings (SSSR count). The molecule has 1 aliphatic heterocycles. The molecule has 1 amide bonds. The Hall–Kier alpha value is -3.80. The predicted molar refractivity (Wildman–Crippen MR) is 134 cm³/mol. The monoisotopic (exact) mass is 455 g/mol. The Morgan fingerprint density at radius 2 is 1.76 bits per heavy atom. The van der Waals surface area contributed by atoms with Crippen LogP contribution in [0.1, 0.15) is 30.1 Å². The van der Waals surface area contributed by atoms with Crippen LogP contribution in [-0.2, 0) is 11.3 Å². The third kappa shape index (κ3) is 4.36. The zero-order chi connectivity index (χ0) is 23.5. The number of rotatable bonds is 8. The van der Waals surface area contributed by atoms with Gasteiger partial charge in [0.25, 0.3) is 0 Å². The Kier molecular flexibility index (Phi) is 6.21. The van der Waals surface area contributed by atoms with Crippen molar-refractivity contribution in [3.63, 3.8) is 0 Å². The van der Waals surface area contributed by atoms with Crippen molar-refractivity contribution in [3.05, 3.63) is 84.2 Å². The van der Waals surface area contributed by atoms with Gasteiger partial charge in [0.05, 0.1) is 30.4 Å². The van der Waals surface area contributed by atoms with Crippen molar-refractivity contribution >= 4 is 22.6 Å². The van der Waals surface area contributed by atoms with E-state index in [4.69, 9.17) is 14.5 Å². The number of ether oxygens (including phenoxy) is 2. The lowest BCUT2D eigenvalue weighted by molar-refractivity contribution is -0.117. The second kappa shape index (κ2) is 9.59. The highest BCUT2D eigenvalue weighted by molar-refractivity contribution is 5.97. The lowest BCUT2D eigenvalue weighted by atomic mass is 10.1. The largest absolute Gasteiger partial charge is 0.495 e. The van der Waals surface area contributed by atoms with E-state index in [1.807, 2.05) is 59.5 Å². The lowest BCUT2D eigenvalue weighted by Crippen LogP contribution is -2.25. The minimum absolute atomic E-state index is 0.0165. The van der Waals surface area contributed by atoms with E-state index in [1.165, 1.54) is 5.56 Å². The Morgan fingerprint density at radius 1 is 1.00 bits per heavy atom. The highest BCUT2D eigenvalue weighted by Crippen LogP contribution is 2.37. The first-order valence-electron chi connectivity index (χ1n) is 11.7. The fraction of sp³-hybridized carbons (Fsp3) is 0.286. The van der Waals surface area contributed by atoms with Crippen molar-refractivity contribution in [2.45, 2.75) is 32.2 Å². The summed E-state index contributed by atoms with van der Waals surface area (Å²) in [4.78, 5) is 19.8. The fourth-order valence-electron chi connectivity index (χ4n) is 4.65. The Labute approximate surface area is 199 Å². The molecule has 0 unspecified atom stereocenters. The van der Waals surface area contributed by atoms with Crippen molar-refractivity contribution in [1.29, 1.82) is 0 Å². The van der Waals surface area contributed by atoms with E-state index in [1.54, 1.807) is 7.11 Å². The van der Waals surface area contributed by atoms with Gasteiger partial charge in [-0.2, -0.15) is 0 Å². The van der Waals surface area contributed by atoms with Crippen molar-refractivity contribution in [3.8, 4) is 11.5 Å². The number of fused-ring (bicyclic) bond motifs is 1. The number of imidazole rings is 1. The van der Waals surface area contributed by atoms with Crippen LogP contribution in [0.3, 0.4) is 0 Å². The Balaban J connectivity index is 1.35. The maximum atomic E-state index is 13.0. The maximum absolute atomic E-state index is 13.0. The number of carbonyl (C=O) groups excluding carboxylic acids is 1. The molecule has 2 heterocycles. The normalized spacial score (nSPS) is 15.8. The molecular formula is C28H29N3O3. The van der Waals surface area contributed by atoms with Crippen molar-refractivity contribution in [1.82, 2.24) is 9.55 Å². The van der Waals surface area contributed by atoms with Gasteiger partial charge < -0.3 is 18.9 Å². The lowest BCUT2D eigenvalue weighted by Gasteiger charge is -2.19. The first kappa shape index (κ1) is 22.0. The predicted octanol–water partition coefficient (Wildman–Crippen LogP) is 5.34. The second-order valence-electron chi connectivity index (χ2n) is 8.70. The molecule has 174 valence electrons. The van der Waals surface area contributed by atoms with Crippen LogP contribution in [-0.4, -0.2) is 35.7 Å². The standard InChI is InChI=1S/C28H29N3O3/c1-20-12-14-22(15-13-20)34-17-7-16-30-24-9-4-3-8-23(24)29-28(30)21-18-27(32)31(19-21)25-10-5-6-11-26(25)33-2/h3-6,8-15,21H,7,16-19H2,1-2H3/t21-/m1/s1. The first-order chi connectivity index (χ1) is 16.6. The van der Waals surface area contributed by atoms with Gasteiger partial charge in [0.1, 0.15) is 17.3 Å². The molecule has 0 saturated carbocycles. The number of aromatic nitrogens is 2. The number of amides is 1. The molecule has 0 spiro atoms. The first-order valence-corrected chi connectivity index (χ1v) is 11.7. The van der Waals surface area contributed by atoms with E-state index in [9.17, 15) is 4.79 Å². The van der Waals surface area contributed by atoms with E-state index >= 15 is 0 Å². The summed E-state index contributed by atoms with van der Waals surface area (Å²) in [7, 11) is 1.63. The molecule has 0 bridgehead atoms. The highest BCUT2D eigenvalue weighted by Gasteiger charge is 2.35. The summed E-state index contributed by atoms with van der Waals surface area (Å²) >= 11 is 0. The zero-order valence-corrected chi connectivity index (χ0v) is 19.6. The van der Waals surface area contributed by atoms with Crippen molar-refractivity contribution in [2.24, 2.45) is 0 Å². The van der Waals surface area contributed by atoms with Crippen LogP contribution in [0.15, 0.2) is 72.8 Å². The van der Waals surface area contributed by atoms with Gasteiger partial charge in [0.15, 0.2) is 0 Å². The molecule has 1 atom stereocenters. The van der Waals surface area contributed by atoms with E-state index in [2.05, 4.69) is 29.7 Å². The summed E-state index contributed by atoms with van der Waals surface area (Å²) in [5.41, 5.74) is 4.08. The second-order valence-corrected chi connectivity index (χ2v) is 8.70. The van der Waals surface area contributed by atoms with Gasteiger partial charge >= 0.3 is 0 Å². The van der Waals surface area contributed by atoms with Crippen LogP contribution in [0.2, 0.25) is 0 Å². The van der Waals surface area contributed by atoms with E-state index in [0.717, 1.165) is 41.3 Å².